The first-order valence-electron chi connectivity index (χ1n) is 8.61. The first-order chi connectivity index (χ1) is 11.5. The first-order valence-corrected chi connectivity index (χ1v) is 11.1. The Balaban J connectivity index is 3.99. The molecule has 2 amide bonds. The van der Waals surface area contributed by atoms with Crippen LogP contribution in [0.5, 0.6) is 0 Å². The molecule has 3 N–H and O–H groups in total. The van der Waals surface area contributed by atoms with E-state index in [1.54, 1.807) is 0 Å². The topological polar surface area (TPSA) is 84.1 Å². The van der Waals surface area contributed by atoms with E-state index in [0.29, 0.717) is 39.0 Å². The van der Waals surface area contributed by atoms with Gasteiger partial charge in [0.1, 0.15) is 0 Å². The second-order valence-electron chi connectivity index (χ2n) is 5.09. The first kappa shape index (κ1) is 23.7. The largest absolute Gasteiger partial charge is 0.500 e. The third-order valence-electron chi connectivity index (χ3n) is 3.08. The maximum atomic E-state index is 11.7. The van der Waals surface area contributed by atoms with Crippen molar-refractivity contribution in [1.29, 1.82) is 0 Å². The summed E-state index contributed by atoms with van der Waals surface area (Å²) in [7, 11) is 1.89. The smallest absolute Gasteiger partial charge is 0.374 e. The molecule has 8 nitrogen and oxygen atoms in total. The molecule has 0 saturated heterocycles. The Morgan fingerprint density at radius 3 is 2.08 bits per heavy atom. The van der Waals surface area contributed by atoms with Crippen molar-refractivity contribution >= 4 is 24.2 Å². The van der Waals surface area contributed by atoms with Gasteiger partial charge >= 0.3 is 14.8 Å². The quantitative estimate of drug-likeness (QED) is 0.170. The Morgan fingerprint density at radius 2 is 1.58 bits per heavy atom. The van der Waals surface area contributed by atoms with Crippen LogP contribution in [0.2, 0.25) is 6.04 Å². The van der Waals surface area contributed by atoms with Gasteiger partial charge in [0, 0.05) is 45.5 Å². The van der Waals surface area contributed by atoms with Crippen molar-refractivity contribution in [1.82, 2.24) is 20.6 Å². The number of hydrogen-bond acceptors (Lipinski definition) is 6. The van der Waals surface area contributed by atoms with E-state index in [-0.39, 0.29) is 6.03 Å². The average molecular weight is 383 g/mol. The molecular formula is C14H35N4O4PSi. The lowest BCUT2D eigenvalue weighted by molar-refractivity contribution is 0.0708. The van der Waals surface area contributed by atoms with E-state index >= 15 is 0 Å². The van der Waals surface area contributed by atoms with Crippen LogP contribution < -0.4 is 16.0 Å². The summed E-state index contributed by atoms with van der Waals surface area (Å²) in [5.74, 6) is 0. The zero-order chi connectivity index (χ0) is 18.3. The SMILES string of the molecule is CCO[Si](CCCNC(=O)NCCN(P)CNC)(OCC)OCC. The number of nitrogens with one attached hydrogen (secondary N) is 3. The number of nitrogens with zero attached hydrogens (tertiary/aromatic N) is 1. The van der Waals surface area contributed by atoms with Gasteiger partial charge < -0.3 is 29.2 Å². The van der Waals surface area contributed by atoms with Crippen LogP contribution in [0.25, 0.3) is 0 Å². The summed E-state index contributed by atoms with van der Waals surface area (Å²) < 4.78 is 19.4. The van der Waals surface area contributed by atoms with Crippen LogP contribution in [-0.2, 0) is 13.3 Å². The fraction of sp³-hybridized carbons (Fsp3) is 0.929. The molecule has 0 spiro atoms. The summed E-state index contributed by atoms with van der Waals surface area (Å²) in [4.78, 5) is 11.7. The van der Waals surface area contributed by atoms with Gasteiger partial charge in [-0.3, -0.25) is 4.67 Å². The Kier molecular flexibility index (Phi) is 14.8. The molecule has 0 radical (unpaired) electrons. The molecule has 0 aromatic rings. The van der Waals surface area contributed by atoms with Crippen molar-refractivity contribution in [2.24, 2.45) is 0 Å². The molecule has 1 unspecified atom stereocenters. The number of carbonyl (C=O) groups excluding carboxylic acids is 1. The van der Waals surface area contributed by atoms with Gasteiger partial charge in [-0.05, 0) is 34.2 Å². The zero-order valence-electron chi connectivity index (χ0n) is 15.5. The predicted octanol–water partition coefficient (Wildman–Crippen LogP) is 0.993. The number of hydrogen-bond donors (Lipinski definition) is 3. The second-order valence-corrected chi connectivity index (χ2v) is 8.55. The van der Waals surface area contributed by atoms with Gasteiger partial charge in [0.15, 0.2) is 0 Å². The molecule has 0 heterocycles. The van der Waals surface area contributed by atoms with Crippen molar-refractivity contribution in [2.45, 2.75) is 33.2 Å². The van der Waals surface area contributed by atoms with Crippen LogP contribution in [0.3, 0.4) is 0 Å². The third kappa shape index (κ3) is 11.3. The molecule has 1 atom stereocenters. The molecule has 0 aromatic heterocycles. The fourth-order valence-corrected chi connectivity index (χ4v) is 5.09. The Hall–Kier alpha value is -0.283. The van der Waals surface area contributed by atoms with E-state index in [1.807, 2.05) is 32.5 Å². The van der Waals surface area contributed by atoms with Crippen molar-refractivity contribution < 1.29 is 18.1 Å². The summed E-state index contributed by atoms with van der Waals surface area (Å²) in [6.07, 6.45) is 0.759. The van der Waals surface area contributed by atoms with Crippen LogP contribution in [-0.4, -0.2) is 72.7 Å². The summed E-state index contributed by atoms with van der Waals surface area (Å²) in [5, 5.41) is 8.72. The van der Waals surface area contributed by atoms with Crippen LogP contribution in [0.15, 0.2) is 0 Å². The monoisotopic (exact) mass is 382 g/mol. The van der Waals surface area contributed by atoms with Crippen LogP contribution >= 0.6 is 9.39 Å². The second kappa shape index (κ2) is 15.0. The minimum absolute atomic E-state index is 0.158. The van der Waals surface area contributed by atoms with Gasteiger partial charge in [-0.25, -0.2) is 4.79 Å². The van der Waals surface area contributed by atoms with Gasteiger partial charge in [-0.2, -0.15) is 0 Å². The van der Waals surface area contributed by atoms with Crippen molar-refractivity contribution in [3.63, 3.8) is 0 Å². The normalized spacial score (nSPS) is 11.8. The summed E-state index contributed by atoms with van der Waals surface area (Å²) in [5.41, 5.74) is 0. The van der Waals surface area contributed by atoms with E-state index in [9.17, 15) is 4.79 Å². The van der Waals surface area contributed by atoms with Gasteiger partial charge in [0.05, 0.1) is 6.67 Å². The van der Waals surface area contributed by atoms with Gasteiger partial charge in [-0.1, -0.05) is 9.39 Å². The highest BCUT2D eigenvalue weighted by atomic mass is 31.0. The lowest BCUT2D eigenvalue weighted by Crippen LogP contribution is -2.46. The molecule has 0 aliphatic carbocycles. The summed E-state index contributed by atoms with van der Waals surface area (Å²) in [6, 6.07) is 0.541. The predicted molar refractivity (Wildman–Crippen MR) is 102 cm³/mol. The van der Waals surface area contributed by atoms with E-state index in [0.717, 1.165) is 19.6 Å². The van der Waals surface area contributed by atoms with Crippen molar-refractivity contribution in [3.05, 3.63) is 0 Å². The lowest BCUT2D eigenvalue weighted by atomic mass is 10.5. The van der Waals surface area contributed by atoms with Crippen LogP contribution in [0, 0.1) is 0 Å². The van der Waals surface area contributed by atoms with Crippen LogP contribution in [0.4, 0.5) is 4.79 Å². The minimum Gasteiger partial charge on any atom is -0.374 e. The fourth-order valence-electron chi connectivity index (χ4n) is 2.17. The standard InChI is InChI=1S/C14H35N4O4PSi/c1-5-20-24(21-6-2,22-7-3)12-8-9-16-14(19)17-10-11-18(23)13-15-4/h15H,5-13,23H2,1-4H3,(H2,16,17,19). The molecular weight excluding hydrogens is 347 g/mol. The highest BCUT2D eigenvalue weighted by molar-refractivity contribution is 7.13. The Morgan fingerprint density at radius 1 is 1.04 bits per heavy atom. The van der Waals surface area contributed by atoms with Crippen LogP contribution in [0.1, 0.15) is 27.2 Å². The molecule has 0 saturated carbocycles. The highest BCUT2D eigenvalue weighted by Crippen LogP contribution is 2.17. The summed E-state index contributed by atoms with van der Waals surface area (Å²) >= 11 is 0. The van der Waals surface area contributed by atoms with E-state index in [1.165, 1.54) is 0 Å². The Labute approximate surface area is 150 Å². The number of urea groups is 1. The maximum absolute atomic E-state index is 11.7. The number of amides is 2. The molecule has 144 valence electrons. The van der Waals surface area contributed by atoms with Gasteiger partial charge in [0.2, 0.25) is 0 Å². The summed E-state index contributed by atoms with van der Waals surface area (Å²) in [6.45, 7) is 10.2. The molecule has 10 heteroatoms. The average Bonchev–Trinajstić information content (AvgIpc) is 2.53. The molecule has 0 aliphatic heterocycles. The molecule has 0 bridgehead atoms. The number of carbonyl (C=O) groups is 1. The lowest BCUT2D eigenvalue weighted by Gasteiger charge is -2.28. The van der Waals surface area contributed by atoms with E-state index in [2.05, 4.69) is 25.3 Å². The third-order valence-corrected chi connectivity index (χ3v) is 6.68. The minimum atomic E-state index is -2.61. The molecule has 24 heavy (non-hydrogen) atoms. The van der Waals surface area contributed by atoms with E-state index < -0.39 is 8.80 Å². The molecule has 0 aliphatic rings. The van der Waals surface area contributed by atoms with Crippen molar-refractivity contribution in [3.8, 4) is 0 Å². The van der Waals surface area contributed by atoms with Crippen molar-refractivity contribution in [2.75, 3.05) is 53.2 Å². The van der Waals surface area contributed by atoms with Gasteiger partial charge in [-0.15, -0.1) is 0 Å². The highest BCUT2D eigenvalue weighted by Gasteiger charge is 2.39. The zero-order valence-corrected chi connectivity index (χ0v) is 17.7. The van der Waals surface area contributed by atoms with Gasteiger partial charge in [0.25, 0.3) is 0 Å². The van der Waals surface area contributed by atoms with E-state index in [4.69, 9.17) is 13.3 Å². The maximum Gasteiger partial charge on any atom is 0.500 e. The molecule has 0 fully saturated rings. The Bertz CT molecular complexity index is 312. The molecule has 0 rings (SSSR count). The molecule has 0 aromatic carbocycles. The number of rotatable bonds is 15.